The Balaban J connectivity index is 0.00000117. The molecule has 0 spiro atoms. The van der Waals surface area contributed by atoms with Crippen LogP contribution in [0.1, 0.15) is 39.5 Å². The number of rotatable bonds is 5. The van der Waals surface area contributed by atoms with Crippen molar-refractivity contribution in [1.29, 1.82) is 0 Å². The molecule has 0 radical (unpaired) electrons. The summed E-state index contributed by atoms with van der Waals surface area (Å²) in [5.74, 6) is 0. The first-order valence-electron chi connectivity index (χ1n) is 9.70. The van der Waals surface area contributed by atoms with Gasteiger partial charge in [-0.3, -0.25) is 10.1 Å². The number of hydrogen-bond donors (Lipinski definition) is 1. The van der Waals surface area contributed by atoms with Gasteiger partial charge in [0.05, 0.1) is 15.2 Å². The molecule has 9 heteroatoms. The highest BCUT2D eigenvalue weighted by molar-refractivity contribution is 7.90. The van der Waals surface area contributed by atoms with Gasteiger partial charge in [-0.1, -0.05) is 44.9 Å². The van der Waals surface area contributed by atoms with Gasteiger partial charge < -0.3 is 5.32 Å². The van der Waals surface area contributed by atoms with E-state index in [-0.39, 0.29) is 22.3 Å². The van der Waals surface area contributed by atoms with Crippen LogP contribution >= 0.6 is 0 Å². The van der Waals surface area contributed by atoms with E-state index < -0.39 is 14.9 Å². The summed E-state index contributed by atoms with van der Waals surface area (Å²) in [5, 5.41) is 15.1. The van der Waals surface area contributed by atoms with Crippen molar-refractivity contribution in [3.8, 4) is 0 Å². The van der Waals surface area contributed by atoms with E-state index in [0.29, 0.717) is 11.1 Å². The molecule has 154 valence electrons. The third kappa shape index (κ3) is 3.95. The molecule has 8 nitrogen and oxygen atoms in total. The van der Waals surface area contributed by atoms with E-state index in [0.717, 1.165) is 35.9 Å². The Morgan fingerprint density at radius 3 is 2.41 bits per heavy atom. The van der Waals surface area contributed by atoms with Crippen LogP contribution in [0, 0.1) is 10.1 Å². The standard InChI is InChI=1S/C18H18N4O4S.C2H6/c23-22(24)16-12-19-18-15(17(16)20-13-6-4-5-7-13)10-11-21(18)27(25,26)14-8-2-1-3-9-14;1-2/h1-3,8-13H,4-7H2,(H,19,20);1-2H3. The highest BCUT2D eigenvalue weighted by Crippen LogP contribution is 2.35. The Hall–Kier alpha value is -2.94. The third-order valence-corrected chi connectivity index (χ3v) is 6.54. The SMILES string of the molecule is CC.O=[N+]([O-])c1cnc2c(ccn2S(=O)(=O)c2ccccc2)c1NC1CCCC1. The number of pyridine rings is 1. The fraction of sp³-hybridized carbons (Fsp3) is 0.350. The lowest BCUT2D eigenvalue weighted by atomic mass is 10.2. The van der Waals surface area contributed by atoms with Crippen LogP contribution in [0.3, 0.4) is 0 Å². The minimum atomic E-state index is -3.84. The van der Waals surface area contributed by atoms with Crippen LogP contribution in [0.2, 0.25) is 0 Å². The van der Waals surface area contributed by atoms with Crippen molar-refractivity contribution in [1.82, 2.24) is 8.96 Å². The van der Waals surface area contributed by atoms with E-state index in [1.807, 2.05) is 13.8 Å². The van der Waals surface area contributed by atoms with Gasteiger partial charge in [0, 0.05) is 12.2 Å². The lowest BCUT2D eigenvalue weighted by Gasteiger charge is -2.14. The summed E-state index contributed by atoms with van der Waals surface area (Å²) in [7, 11) is -3.84. The molecule has 1 aliphatic rings. The van der Waals surface area contributed by atoms with Crippen LogP contribution in [0.5, 0.6) is 0 Å². The predicted octanol–water partition coefficient (Wildman–Crippen LogP) is 4.56. The first-order chi connectivity index (χ1) is 14.0. The maximum atomic E-state index is 13.0. The van der Waals surface area contributed by atoms with Gasteiger partial charge in [0.25, 0.3) is 10.0 Å². The minimum absolute atomic E-state index is 0.132. The molecule has 1 aliphatic carbocycles. The van der Waals surface area contributed by atoms with Gasteiger partial charge in [0.2, 0.25) is 0 Å². The summed E-state index contributed by atoms with van der Waals surface area (Å²) in [6.07, 6.45) is 6.53. The molecule has 29 heavy (non-hydrogen) atoms. The first kappa shape index (κ1) is 20.8. The molecule has 2 aromatic heterocycles. The third-order valence-electron chi connectivity index (χ3n) is 4.86. The number of fused-ring (bicyclic) bond motifs is 1. The summed E-state index contributed by atoms with van der Waals surface area (Å²) in [5.41, 5.74) is 0.355. The maximum Gasteiger partial charge on any atom is 0.311 e. The van der Waals surface area contributed by atoms with Crippen molar-refractivity contribution in [2.24, 2.45) is 0 Å². The average molecular weight is 417 g/mol. The molecule has 1 fully saturated rings. The molecule has 0 amide bonds. The van der Waals surface area contributed by atoms with Gasteiger partial charge in [0.1, 0.15) is 11.9 Å². The van der Waals surface area contributed by atoms with E-state index in [9.17, 15) is 18.5 Å². The molecule has 1 aromatic carbocycles. The number of benzene rings is 1. The second kappa shape index (κ2) is 8.60. The smallest absolute Gasteiger partial charge is 0.311 e. The van der Waals surface area contributed by atoms with E-state index in [4.69, 9.17) is 0 Å². The Morgan fingerprint density at radius 1 is 1.14 bits per heavy atom. The topological polar surface area (TPSA) is 107 Å². The Labute approximate surface area is 169 Å². The number of nitrogens with one attached hydrogen (secondary N) is 1. The summed E-state index contributed by atoms with van der Waals surface area (Å²) < 4.78 is 27.0. The molecule has 1 N–H and O–H groups in total. The van der Waals surface area contributed by atoms with Crippen molar-refractivity contribution < 1.29 is 13.3 Å². The fourth-order valence-corrected chi connectivity index (χ4v) is 4.84. The van der Waals surface area contributed by atoms with Gasteiger partial charge >= 0.3 is 5.69 Å². The van der Waals surface area contributed by atoms with Crippen LogP contribution in [0.4, 0.5) is 11.4 Å². The van der Waals surface area contributed by atoms with E-state index in [2.05, 4.69) is 10.3 Å². The Bertz CT molecular complexity index is 1100. The zero-order valence-corrected chi connectivity index (χ0v) is 17.2. The highest BCUT2D eigenvalue weighted by Gasteiger charge is 2.27. The van der Waals surface area contributed by atoms with Crippen molar-refractivity contribution in [3.63, 3.8) is 0 Å². The van der Waals surface area contributed by atoms with Gasteiger partial charge in [-0.05, 0) is 31.0 Å². The number of nitrogens with zero attached hydrogens (tertiary/aromatic N) is 3. The second-order valence-corrected chi connectivity index (χ2v) is 8.38. The normalized spacial score (nSPS) is 14.4. The van der Waals surface area contributed by atoms with E-state index in [1.54, 1.807) is 24.3 Å². The van der Waals surface area contributed by atoms with Crippen LogP contribution in [-0.4, -0.2) is 28.3 Å². The Kier molecular flexibility index (Phi) is 6.17. The lowest BCUT2D eigenvalue weighted by Crippen LogP contribution is -2.16. The van der Waals surface area contributed by atoms with Crippen LogP contribution < -0.4 is 5.32 Å². The van der Waals surface area contributed by atoms with Gasteiger partial charge in [0.15, 0.2) is 5.65 Å². The predicted molar refractivity (Wildman–Crippen MR) is 113 cm³/mol. The first-order valence-corrected chi connectivity index (χ1v) is 11.1. The molecule has 0 bridgehead atoms. The van der Waals surface area contributed by atoms with Crippen molar-refractivity contribution in [3.05, 3.63) is 58.9 Å². The molecule has 2 heterocycles. The molecule has 0 atom stereocenters. The largest absolute Gasteiger partial charge is 0.376 e. The monoisotopic (exact) mass is 416 g/mol. The number of aromatic nitrogens is 2. The summed E-state index contributed by atoms with van der Waals surface area (Å²) in [6.45, 7) is 4.00. The van der Waals surface area contributed by atoms with Crippen molar-refractivity contribution >= 4 is 32.4 Å². The Morgan fingerprint density at radius 2 is 1.79 bits per heavy atom. The summed E-state index contributed by atoms with van der Waals surface area (Å²) >= 11 is 0. The molecule has 0 saturated heterocycles. The molecular formula is C20H24N4O4S. The van der Waals surface area contributed by atoms with Gasteiger partial charge in [-0.2, -0.15) is 0 Å². The molecule has 3 aromatic rings. The second-order valence-electron chi connectivity index (χ2n) is 6.57. The maximum absolute atomic E-state index is 13.0. The van der Waals surface area contributed by atoms with Crippen LogP contribution in [-0.2, 0) is 10.0 Å². The van der Waals surface area contributed by atoms with E-state index in [1.165, 1.54) is 18.3 Å². The number of anilines is 1. The lowest BCUT2D eigenvalue weighted by molar-refractivity contribution is -0.384. The zero-order chi connectivity index (χ0) is 21.0. The molecule has 1 saturated carbocycles. The van der Waals surface area contributed by atoms with Crippen molar-refractivity contribution in [2.75, 3.05) is 5.32 Å². The molecule has 4 rings (SSSR count). The zero-order valence-electron chi connectivity index (χ0n) is 16.4. The van der Waals surface area contributed by atoms with Crippen LogP contribution in [0.15, 0.2) is 53.7 Å². The molecular weight excluding hydrogens is 392 g/mol. The van der Waals surface area contributed by atoms with Gasteiger partial charge in [-0.15, -0.1) is 0 Å². The number of hydrogen-bond acceptors (Lipinski definition) is 6. The van der Waals surface area contributed by atoms with Gasteiger partial charge in [-0.25, -0.2) is 17.4 Å². The fourth-order valence-electron chi connectivity index (χ4n) is 3.52. The molecule has 0 aliphatic heterocycles. The van der Waals surface area contributed by atoms with Crippen molar-refractivity contribution in [2.45, 2.75) is 50.5 Å². The number of nitro groups is 1. The quantitative estimate of drug-likeness (QED) is 0.482. The average Bonchev–Trinajstić information content (AvgIpc) is 3.40. The summed E-state index contributed by atoms with van der Waals surface area (Å²) in [4.78, 5) is 15.2. The highest BCUT2D eigenvalue weighted by atomic mass is 32.2. The minimum Gasteiger partial charge on any atom is -0.376 e. The molecule has 0 unspecified atom stereocenters. The van der Waals surface area contributed by atoms with E-state index >= 15 is 0 Å². The van der Waals surface area contributed by atoms with Crippen LogP contribution in [0.25, 0.3) is 11.0 Å². The summed E-state index contributed by atoms with van der Waals surface area (Å²) in [6, 6.07) is 9.73.